The Kier molecular flexibility index (Phi) is 3.67. The molecular weight excluding hydrogens is 248 g/mol. The molecule has 1 aliphatic rings. The molecule has 0 saturated heterocycles. The lowest BCUT2D eigenvalue weighted by Gasteiger charge is -2.24. The predicted octanol–water partition coefficient (Wildman–Crippen LogP) is 1.77. The zero-order valence-corrected chi connectivity index (χ0v) is 11.4. The maximum Gasteiger partial charge on any atom is 0.126 e. The number of hydrogen-bond acceptors (Lipinski definition) is 4. The van der Waals surface area contributed by atoms with E-state index in [9.17, 15) is 0 Å². The molecule has 4 heteroatoms. The minimum atomic E-state index is 0.185. The number of hydrazine groups is 1. The Labute approximate surface area is 119 Å². The Morgan fingerprint density at radius 1 is 1.25 bits per heavy atom. The molecule has 0 saturated carbocycles. The van der Waals surface area contributed by atoms with Gasteiger partial charge in [0.15, 0.2) is 0 Å². The summed E-state index contributed by atoms with van der Waals surface area (Å²) in [6.45, 7) is 0. The smallest absolute Gasteiger partial charge is 0.126 e. The van der Waals surface area contributed by atoms with Crippen LogP contribution in [0.1, 0.15) is 29.0 Å². The number of aryl methyl sites for hydroxylation is 1. The van der Waals surface area contributed by atoms with Gasteiger partial charge in [-0.05, 0) is 42.0 Å². The Hall–Kier alpha value is -1.91. The Morgan fingerprint density at radius 2 is 2.10 bits per heavy atom. The van der Waals surface area contributed by atoms with Crippen molar-refractivity contribution in [3.63, 3.8) is 0 Å². The molecule has 0 aliphatic heterocycles. The van der Waals surface area contributed by atoms with E-state index in [1.807, 2.05) is 12.1 Å². The highest BCUT2D eigenvalue weighted by molar-refractivity contribution is 5.41. The number of nitrogens with zero attached hydrogens (tertiary/aromatic N) is 1. The van der Waals surface area contributed by atoms with Crippen LogP contribution in [-0.4, -0.2) is 11.0 Å². The van der Waals surface area contributed by atoms with Crippen LogP contribution in [0.4, 0.5) is 5.82 Å². The lowest BCUT2D eigenvalue weighted by Crippen LogP contribution is -2.41. The fourth-order valence-electron chi connectivity index (χ4n) is 3.19. The van der Waals surface area contributed by atoms with Crippen LogP contribution in [0.25, 0.3) is 0 Å². The maximum atomic E-state index is 5.94. The van der Waals surface area contributed by atoms with Crippen LogP contribution >= 0.6 is 0 Å². The second-order valence-corrected chi connectivity index (χ2v) is 5.37. The van der Waals surface area contributed by atoms with Crippen LogP contribution in [0.15, 0.2) is 42.6 Å². The molecule has 1 aliphatic carbocycles. The van der Waals surface area contributed by atoms with Crippen molar-refractivity contribution >= 4 is 5.82 Å². The molecule has 0 spiro atoms. The van der Waals surface area contributed by atoms with Gasteiger partial charge in [-0.1, -0.05) is 30.3 Å². The highest BCUT2D eigenvalue weighted by atomic mass is 15.2. The van der Waals surface area contributed by atoms with Gasteiger partial charge in [0, 0.05) is 18.2 Å². The zero-order chi connectivity index (χ0) is 13.9. The van der Waals surface area contributed by atoms with Crippen molar-refractivity contribution in [1.29, 1.82) is 0 Å². The summed E-state index contributed by atoms with van der Waals surface area (Å²) in [5.41, 5.74) is 12.8. The van der Waals surface area contributed by atoms with Gasteiger partial charge in [0.1, 0.15) is 5.82 Å². The highest BCUT2D eigenvalue weighted by Crippen LogP contribution is 2.36. The lowest BCUT2D eigenvalue weighted by molar-refractivity contribution is 0.434. The number of nitrogens with two attached hydrogens (primary N) is 2. The molecule has 1 heterocycles. The summed E-state index contributed by atoms with van der Waals surface area (Å²) in [7, 11) is 0. The van der Waals surface area contributed by atoms with Gasteiger partial charge in [0.05, 0.1) is 0 Å². The van der Waals surface area contributed by atoms with Crippen molar-refractivity contribution in [1.82, 2.24) is 10.4 Å². The van der Waals surface area contributed by atoms with Crippen molar-refractivity contribution in [3.05, 3.63) is 59.3 Å². The average molecular weight is 268 g/mol. The van der Waals surface area contributed by atoms with E-state index >= 15 is 0 Å². The SMILES string of the molecule is NNC(Cc1cccnc1N)C1CCc2ccccc21. The highest BCUT2D eigenvalue weighted by Gasteiger charge is 2.29. The molecule has 2 atom stereocenters. The van der Waals surface area contributed by atoms with Crippen LogP contribution in [0.3, 0.4) is 0 Å². The molecule has 3 rings (SSSR count). The zero-order valence-electron chi connectivity index (χ0n) is 11.4. The van der Waals surface area contributed by atoms with Gasteiger partial charge in [-0.3, -0.25) is 11.3 Å². The van der Waals surface area contributed by atoms with Crippen LogP contribution in [0.2, 0.25) is 0 Å². The van der Waals surface area contributed by atoms with Crippen molar-refractivity contribution in [2.24, 2.45) is 5.84 Å². The van der Waals surface area contributed by atoms with Crippen molar-refractivity contribution in [3.8, 4) is 0 Å². The minimum absolute atomic E-state index is 0.185. The molecule has 0 amide bonds. The van der Waals surface area contributed by atoms with E-state index in [0.29, 0.717) is 11.7 Å². The van der Waals surface area contributed by atoms with Gasteiger partial charge in [-0.25, -0.2) is 4.98 Å². The van der Waals surface area contributed by atoms with Crippen LogP contribution < -0.4 is 17.0 Å². The fraction of sp³-hybridized carbons (Fsp3) is 0.312. The average Bonchev–Trinajstić information content (AvgIpc) is 2.90. The number of benzene rings is 1. The number of rotatable bonds is 4. The second-order valence-electron chi connectivity index (χ2n) is 5.37. The van der Waals surface area contributed by atoms with Gasteiger partial charge >= 0.3 is 0 Å². The molecule has 2 aromatic rings. The molecular formula is C16H20N4. The normalized spacial score (nSPS) is 18.8. The summed E-state index contributed by atoms with van der Waals surface area (Å²) in [6.07, 6.45) is 4.78. The molecule has 20 heavy (non-hydrogen) atoms. The summed E-state index contributed by atoms with van der Waals surface area (Å²) >= 11 is 0. The van der Waals surface area contributed by atoms with E-state index in [1.165, 1.54) is 11.1 Å². The van der Waals surface area contributed by atoms with Gasteiger partial charge in [-0.2, -0.15) is 0 Å². The summed E-state index contributed by atoms with van der Waals surface area (Å²) in [6, 6.07) is 12.7. The van der Waals surface area contributed by atoms with Gasteiger partial charge in [0.25, 0.3) is 0 Å². The first-order chi connectivity index (χ1) is 9.79. The number of nitrogen functional groups attached to an aromatic ring is 1. The van der Waals surface area contributed by atoms with Crippen LogP contribution in [0.5, 0.6) is 0 Å². The van der Waals surface area contributed by atoms with Crippen molar-refractivity contribution < 1.29 is 0 Å². The van der Waals surface area contributed by atoms with E-state index in [1.54, 1.807) is 6.20 Å². The first-order valence-electron chi connectivity index (χ1n) is 7.03. The van der Waals surface area contributed by atoms with Gasteiger partial charge in [-0.15, -0.1) is 0 Å². The Balaban J connectivity index is 1.83. The second kappa shape index (κ2) is 5.61. The maximum absolute atomic E-state index is 5.94. The minimum Gasteiger partial charge on any atom is -0.383 e. The topological polar surface area (TPSA) is 77.0 Å². The molecule has 0 bridgehead atoms. The largest absolute Gasteiger partial charge is 0.383 e. The third kappa shape index (κ3) is 2.40. The molecule has 1 aromatic carbocycles. The van der Waals surface area contributed by atoms with E-state index in [4.69, 9.17) is 11.6 Å². The van der Waals surface area contributed by atoms with Gasteiger partial charge in [0.2, 0.25) is 0 Å². The van der Waals surface area contributed by atoms with Crippen molar-refractivity contribution in [2.75, 3.05) is 5.73 Å². The molecule has 1 aromatic heterocycles. The summed E-state index contributed by atoms with van der Waals surface area (Å²) in [5.74, 6) is 6.83. The van der Waals surface area contributed by atoms with E-state index in [0.717, 1.165) is 24.8 Å². The van der Waals surface area contributed by atoms with Crippen LogP contribution in [-0.2, 0) is 12.8 Å². The first kappa shape index (κ1) is 13.1. The van der Waals surface area contributed by atoms with E-state index in [-0.39, 0.29) is 6.04 Å². The number of anilines is 1. The molecule has 2 unspecified atom stereocenters. The molecule has 5 N–H and O–H groups in total. The number of aromatic nitrogens is 1. The third-order valence-electron chi connectivity index (χ3n) is 4.24. The monoisotopic (exact) mass is 268 g/mol. The molecule has 0 fully saturated rings. The molecule has 0 radical (unpaired) electrons. The molecule has 104 valence electrons. The number of pyridine rings is 1. The predicted molar refractivity (Wildman–Crippen MR) is 81.0 cm³/mol. The number of nitrogens with one attached hydrogen (secondary N) is 1. The summed E-state index contributed by atoms with van der Waals surface area (Å²) in [5, 5.41) is 0. The van der Waals surface area contributed by atoms with Crippen molar-refractivity contribution in [2.45, 2.75) is 31.2 Å². The summed E-state index contributed by atoms with van der Waals surface area (Å²) in [4.78, 5) is 4.15. The Morgan fingerprint density at radius 3 is 2.90 bits per heavy atom. The lowest BCUT2D eigenvalue weighted by atomic mass is 9.89. The molecule has 4 nitrogen and oxygen atoms in total. The first-order valence-corrected chi connectivity index (χ1v) is 7.03. The van der Waals surface area contributed by atoms with Crippen LogP contribution in [0, 0.1) is 0 Å². The Bertz CT molecular complexity index is 597. The third-order valence-corrected chi connectivity index (χ3v) is 4.24. The van der Waals surface area contributed by atoms with Gasteiger partial charge < -0.3 is 5.73 Å². The van der Waals surface area contributed by atoms with E-state index in [2.05, 4.69) is 34.7 Å². The number of fused-ring (bicyclic) bond motifs is 1. The fourth-order valence-corrected chi connectivity index (χ4v) is 3.19. The summed E-state index contributed by atoms with van der Waals surface area (Å²) < 4.78 is 0. The van der Waals surface area contributed by atoms with E-state index < -0.39 is 0 Å². The quantitative estimate of drug-likeness (QED) is 0.583. The standard InChI is InChI=1S/C16H20N4/c17-16-12(5-3-9-19-16)10-15(20-18)14-8-7-11-4-1-2-6-13(11)14/h1-6,9,14-15,20H,7-8,10,18H2,(H2,17,19). The number of hydrogen-bond donors (Lipinski definition) is 3.